The normalized spacial score (nSPS) is 22.3. The van der Waals surface area contributed by atoms with Gasteiger partial charge in [0.2, 0.25) is 0 Å². The maximum atomic E-state index is 13.2. The van der Waals surface area contributed by atoms with Crippen molar-refractivity contribution in [2.45, 2.75) is 57.8 Å². The molecule has 0 saturated heterocycles. The van der Waals surface area contributed by atoms with E-state index in [2.05, 4.69) is 11.9 Å². The van der Waals surface area contributed by atoms with E-state index in [9.17, 15) is 14.7 Å². The van der Waals surface area contributed by atoms with Crippen molar-refractivity contribution < 1.29 is 19.4 Å². The van der Waals surface area contributed by atoms with Crippen LogP contribution in [0, 0.1) is 11.8 Å². The Morgan fingerprint density at radius 1 is 1.29 bits per heavy atom. The number of aromatic hydroxyl groups is 1. The molecule has 1 aromatic heterocycles. The Labute approximate surface area is 183 Å². The smallest absolute Gasteiger partial charge is 0.160 e. The average Bonchev–Trinajstić information content (AvgIpc) is 3.15. The van der Waals surface area contributed by atoms with Crippen LogP contribution in [0.4, 0.5) is 0 Å². The topological polar surface area (TPSA) is 77.7 Å². The van der Waals surface area contributed by atoms with E-state index in [1.165, 1.54) is 18.2 Å². The minimum atomic E-state index is -0.242. The lowest BCUT2D eigenvalue weighted by Gasteiger charge is -2.34. The fraction of sp³-hybridized carbons (Fsp3) is 0.462. The summed E-state index contributed by atoms with van der Waals surface area (Å²) in [5.74, 6) is 0.884. The first kappa shape index (κ1) is 21.4. The number of ether oxygens (including phenoxy) is 1. The predicted molar refractivity (Wildman–Crippen MR) is 119 cm³/mol. The molecular formula is C26H30NO4-. The van der Waals surface area contributed by atoms with E-state index in [4.69, 9.17) is 4.74 Å². The maximum Gasteiger partial charge on any atom is 0.160 e. The van der Waals surface area contributed by atoms with Crippen LogP contribution in [0.3, 0.4) is 0 Å². The number of Topliss-reactive ketones (excluding diaryl/α,β-unsaturated/α-hetero) is 2. The van der Waals surface area contributed by atoms with Gasteiger partial charge < -0.3 is 14.8 Å². The van der Waals surface area contributed by atoms with Gasteiger partial charge in [-0.3, -0.25) is 9.59 Å². The van der Waals surface area contributed by atoms with Crippen LogP contribution in [-0.2, 0) is 22.4 Å². The number of carbonyl (C=O) groups is 2. The van der Waals surface area contributed by atoms with E-state index in [1.807, 2.05) is 18.3 Å². The number of aryl methyl sites for hydroxylation is 2. The summed E-state index contributed by atoms with van der Waals surface area (Å²) in [5.41, 5.74) is 4.43. The van der Waals surface area contributed by atoms with Crippen LogP contribution in [0.25, 0.3) is 6.08 Å². The van der Waals surface area contributed by atoms with Crippen LogP contribution >= 0.6 is 0 Å². The first-order valence-corrected chi connectivity index (χ1v) is 11.2. The van der Waals surface area contributed by atoms with Crippen molar-refractivity contribution in [1.29, 1.82) is 0 Å². The number of phenolic OH excluding ortho intramolecular Hbond substituents is 1. The van der Waals surface area contributed by atoms with Crippen LogP contribution in [-0.4, -0.2) is 23.8 Å². The zero-order valence-electron chi connectivity index (χ0n) is 18.3. The van der Waals surface area contributed by atoms with E-state index in [-0.39, 0.29) is 35.6 Å². The fourth-order valence-electron chi connectivity index (χ4n) is 5.07. The summed E-state index contributed by atoms with van der Waals surface area (Å²) in [6.07, 6.45) is 11.0. The highest BCUT2D eigenvalue weighted by Gasteiger charge is 2.34. The first-order chi connectivity index (χ1) is 15.0. The van der Waals surface area contributed by atoms with Gasteiger partial charge in [0.25, 0.3) is 0 Å². The number of rotatable bonds is 7. The van der Waals surface area contributed by atoms with Gasteiger partial charge in [0.15, 0.2) is 11.5 Å². The molecule has 164 valence electrons. The molecule has 3 atom stereocenters. The lowest BCUT2D eigenvalue weighted by molar-refractivity contribution is -0.128. The lowest BCUT2D eigenvalue weighted by atomic mass is 9.71. The Kier molecular flexibility index (Phi) is 6.30. The van der Waals surface area contributed by atoms with Crippen molar-refractivity contribution in [3.8, 4) is 11.5 Å². The van der Waals surface area contributed by atoms with E-state index in [0.29, 0.717) is 24.5 Å². The van der Waals surface area contributed by atoms with Gasteiger partial charge in [-0.15, -0.1) is 5.69 Å². The third kappa shape index (κ3) is 4.60. The highest BCUT2D eigenvalue weighted by molar-refractivity contribution is 6.01. The summed E-state index contributed by atoms with van der Waals surface area (Å²) in [5, 5.41) is 9.71. The number of carbonyl (C=O) groups excluding carboxylic acids is 2. The van der Waals surface area contributed by atoms with E-state index in [0.717, 1.165) is 36.9 Å². The Bertz CT molecular complexity index is 1000. The zero-order chi connectivity index (χ0) is 22.0. The Hall–Kier alpha value is -2.82. The molecule has 1 heterocycles. The summed E-state index contributed by atoms with van der Waals surface area (Å²) in [7, 11) is 1.50. The number of hydrogen-bond donors (Lipinski definition) is 1. The minimum Gasteiger partial charge on any atom is -0.664 e. The predicted octanol–water partition coefficient (Wildman–Crippen LogP) is 4.61. The van der Waals surface area contributed by atoms with Gasteiger partial charge >= 0.3 is 0 Å². The van der Waals surface area contributed by atoms with Gasteiger partial charge in [-0.2, -0.15) is 6.20 Å². The number of hydrogen-bond acceptors (Lipinski definition) is 4. The second-order valence-electron chi connectivity index (χ2n) is 8.99. The molecule has 2 aliphatic rings. The van der Waals surface area contributed by atoms with Gasteiger partial charge in [0.1, 0.15) is 11.6 Å². The number of allylic oxidation sites excluding steroid dienone is 1. The van der Waals surface area contributed by atoms with Gasteiger partial charge in [-0.25, -0.2) is 0 Å². The molecule has 0 saturated carbocycles. The molecule has 3 unspecified atom stereocenters. The van der Waals surface area contributed by atoms with E-state index < -0.39 is 0 Å². The number of phenols is 1. The van der Waals surface area contributed by atoms with Crippen molar-refractivity contribution in [3.05, 3.63) is 52.9 Å². The first-order valence-electron chi connectivity index (χ1n) is 11.2. The standard InChI is InChI=1S/C26H30NO4/c1-16-4-3-5-18-15-27-22-10-9-20(21(12-16)26(18)22)24(30)14-19(28)8-6-17-7-11-23(29)25(13-17)31-2/h7,9-11,13,15-16,20-21,29H,3-6,8,12,14H2,1-2H3/q-1. The van der Waals surface area contributed by atoms with Crippen molar-refractivity contribution in [2.75, 3.05) is 7.11 Å². The third-order valence-electron chi connectivity index (χ3n) is 6.73. The second-order valence-corrected chi connectivity index (χ2v) is 8.99. The van der Waals surface area contributed by atoms with Gasteiger partial charge in [-0.1, -0.05) is 42.7 Å². The Balaban J connectivity index is 1.42. The molecule has 1 aromatic carbocycles. The molecule has 1 N–H and O–H groups in total. The van der Waals surface area contributed by atoms with Crippen LogP contribution in [0.2, 0.25) is 0 Å². The number of aromatic nitrogens is 1. The molecule has 0 amide bonds. The SMILES string of the molecule is COc1cc(CCC(=O)CC(=O)C2C=Cc3[n-]cc4c3C2CC(C)CCC4)ccc1O. The van der Waals surface area contributed by atoms with Crippen LogP contribution in [0.15, 0.2) is 30.5 Å². The van der Waals surface area contributed by atoms with Gasteiger partial charge in [0.05, 0.1) is 13.5 Å². The van der Waals surface area contributed by atoms with E-state index >= 15 is 0 Å². The number of methoxy groups -OCH3 is 1. The van der Waals surface area contributed by atoms with Crippen molar-refractivity contribution in [2.24, 2.45) is 11.8 Å². The summed E-state index contributed by atoms with van der Waals surface area (Å²) >= 11 is 0. The van der Waals surface area contributed by atoms with Crippen molar-refractivity contribution in [1.82, 2.24) is 4.98 Å². The summed E-state index contributed by atoms with van der Waals surface area (Å²) in [4.78, 5) is 30.3. The third-order valence-corrected chi connectivity index (χ3v) is 6.73. The summed E-state index contributed by atoms with van der Waals surface area (Å²) in [6.45, 7) is 2.26. The van der Waals surface area contributed by atoms with Crippen LogP contribution in [0.1, 0.15) is 67.3 Å². The Morgan fingerprint density at radius 2 is 2.13 bits per heavy atom. The number of ketones is 2. The van der Waals surface area contributed by atoms with Gasteiger partial charge in [-0.05, 0) is 55.2 Å². The molecule has 4 rings (SSSR count). The fourth-order valence-corrected chi connectivity index (χ4v) is 5.07. The number of nitrogens with zero attached hydrogens (tertiary/aromatic N) is 1. The molecule has 0 fully saturated rings. The molecular weight excluding hydrogens is 390 g/mol. The highest BCUT2D eigenvalue weighted by atomic mass is 16.5. The monoisotopic (exact) mass is 420 g/mol. The van der Waals surface area contributed by atoms with Crippen LogP contribution < -0.4 is 9.72 Å². The number of benzene rings is 1. The van der Waals surface area contributed by atoms with Crippen molar-refractivity contribution >= 4 is 17.6 Å². The van der Waals surface area contributed by atoms with Gasteiger partial charge in [0, 0.05) is 12.3 Å². The van der Waals surface area contributed by atoms with Crippen LogP contribution in [0.5, 0.6) is 11.5 Å². The highest BCUT2D eigenvalue weighted by Crippen LogP contribution is 2.43. The van der Waals surface area contributed by atoms with E-state index in [1.54, 1.807) is 18.2 Å². The largest absolute Gasteiger partial charge is 0.664 e. The zero-order valence-corrected chi connectivity index (χ0v) is 18.3. The second kappa shape index (κ2) is 9.13. The summed E-state index contributed by atoms with van der Waals surface area (Å²) in [6, 6.07) is 5.07. The maximum absolute atomic E-state index is 13.2. The average molecular weight is 421 g/mol. The molecule has 0 aliphatic heterocycles. The molecule has 31 heavy (non-hydrogen) atoms. The molecule has 0 radical (unpaired) electrons. The molecule has 0 spiro atoms. The molecule has 2 aliphatic carbocycles. The molecule has 2 aromatic rings. The minimum absolute atomic E-state index is 0.0140. The quantitative estimate of drug-likeness (QED) is 0.662. The molecule has 5 nitrogen and oxygen atoms in total. The molecule has 0 bridgehead atoms. The summed E-state index contributed by atoms with van der Waals surface area (Å²) < 4.78 is 5.12. The van der Waals surface area contributed by atoms with Crippen molar-refractivity contribution in [3.63, 3.8) is 0 Å². The lowest BCUT2D eigenvalue weighted by Crippen LogP contribution is -2.28. The Morgan fingerprint density at radius 3 is 2.94 bits per heavy atom. The molecule has 5 heteroatoms.